The molecule has 5 rings (SSSR count). The van der Waals surface area contributed by atoms with Gasteiger partial charge in [0.2, 0.25) is 0 Å². The van der Waals surface area contributed by atoms with Gasteiger partial charge in [0.15, 0.2) is 0 Å². The lowest BCUT2D eigenvalue weighted by Crippen LogP contribution is -2.02. The molecule has 0 aliphatic heterocycles. The van der Waals surface area contributed by atoms with Crippen LogP contribution in [0, 0.1) is 30.9 Å². The minimum Gasteiger partial charge on any atom is -0.424 e. The van der Waals surface area contributed by atoms with Crippen LogP contribution in [0.4, 0.5) is 5.69 Å². The maximum absolute atomic E-state index is 11.3. The highest BCUT2D eigenvalue weighted by atomic mass is 35.5. The molecule has 0 aromatic heterocycles. The number of thioether (sulfide) groups is 2. The third-order valence-corrected chi connectivity index (χ3v) is 25.8. The van der Waals surface area contributed by atoms with Crippen LogP contribution in [0.2, 0.25) is 15.1 Å². The summed E-state index contributed by atoms with van der Waals surface area (Å²) >= 11 is 46.7. The van der Waals surface area contributed by atoms with E-state index in [1.165, 1.54) is 82.8 Å². The standard InChI is InChI=1S/C12H19O3PS2.C11H17O4PS2.C10H15O3PS2.C9H12NO5PS.C8H8Cl3O3PS/c1-5-13-16(17,14-6-2)15-11-7-8-12(18-4)10(3)9-11;1-4-13-16(17,14-5-2)15-10-6-8-11(9-7-10)18(3)12;1-8-7-9(5-6-10(8)16-4)13-14(15,11-2)12-3;1-7-6-8(4-5-9(7)10(11)12)15-16(17,13-2)14-3;1-12-15(16,13-2)14-8-4-6(10)5(9)3-7(8)11/h7-9H,5-6H2,1-4H3;6-9H,4-5H2,1-3H3;5-7H,1-4H3;4-6H,1-3H3;3-4H,1-2H3. The summed E-state index contributed by atoms with van der Waals surface area (Å²) in [6.07, 6.45) is 5.71. The Morgan fingerprint density at radius 3 is 1.11 bits per heavy atom. The zero-order chi connectivity index (χ0) is 64.8. The molecule has 0 aliphatic carbocycles. The molecule has 5 aromatic carbocycles. The molecule has 478 valence electrons. The molecular weight excluding hydrogens is 1420 g/mol. The second-order valence-corrected chi connectivity index (χ2v) is 35.2. The Kier molecular flexibility index (Phi) is 40.1. The van der Waals surface area contributed by atoms with Crippen LogP contribution in [0.15, 0.2) is 106 Å². The fourth-order valence-electron chi connectivity index (χ4n) is 5.87. The summed E-state index contributed by atoms with van der Waals surface area (Å²) in [6.45, 7) is 1.37. The first-order chi connectivity index (χ1) is 39.9. The third kappa shape index (κ3) is 29.9. The van der Waals surface area contributed by atoms with Gasteiger partial charge in [-0.3, -0.25) is 32.4 Å². The van der Waals surface area contributed by atoms with Gasteiger partial charge >= 0.3 is 33.6 Å². The molecule has 19 nitrogen and oxygen atoms in total. The van der Waals surface area contributed by atoms with E-state index in [1.54, 1.807) is 61.0 Å². The molecule has 0 saturated carbocycles. The molecule has 85 heavy (non-hydrogen) atoms. The van der Waals surface area contributed by atoms with E-state index in [0.29, 0.717) is 65.0 Å². The first kappa shape index (κ1) is 82.1. The van der Waals surface area contributed by atoms with Crippen LogP contribution in [0.25, 0.3) is 0 Å². The maximum Gasteiger partial charge on any atom is 0.380 e. The zero-order valence-corrected chi connectivity index (χ0v) is 62.7. The van der Waals surface area contributed by atoms with Crippen molar-refractivity contribution in [2.24, 2.45) is 0 Å². The lowest BCUT2D eigenvalue weighted by molar-refractivity contribution is -0.385. The summed E-state index contributed by atoms with van der Waals surface area (Å²) in [5.74, 6) is 2.62. The number of nitrogens with zero attached hydrogens (tertiary/aromatic N) is 1. The van der Waals surface area contributed by atoms with E-state index in [-0.39, 0.29) is 16.5 Å². The summed E-state index contributed by atoms with van der Waals surface area (Å²) in [5, 5.41) is 11.6. The molecule has 0 fully saturated rings. The average Bonchev–Trinajstić information content (AvgIpc) is 3.67. The van der Waals surface area contributed by atoms with E-state index < -0.39 is 49.3 Å². The highest BCUT2D eigenvalue weighted by Gasteiger charge is 2.25. The predicted octanol–water partition coefficient (Wildman–Crippen LogP) is 18.4. The number of nitro groups is 1. The second-order valence-electron chi connectivity index (χ2n) is 15.5. The molecule has 35 heteroatoms. The monoisotopic (exact) mass is 1490 g/mol. The van der Waals surface area contributed by atoms with E-state index in [4.69, 9.17) is 162 Å². The molecule has 0 amide bonds. The van der Waals surface area contributed by atoms with E-state index in [0.717, 1.165) is 16.0 Å². The minimum atomic E-state index is -2.82. The van der Waals surface area contributed by atoms with Crippen molar-refractivity contribution in [1.82, 2.24) is 0 Å². The molecule has 0 heterocycles. The Morgan fingerprint density at radius 1 is 0.471 bits per heavy atom. The van der Waals surface area contributed by atoms with Crippen molar-refractivity contribution < 1.29 is 77.0 Å². The van der Waals surface area contributed by atoms with Gasteiger partial charge in [0.05, 0.1) is 46.4 Å². The quantitative estimate of drug-likeness (QED) is 0.0150. The van der Waals surface area contributed by atoms with Gasteiger partial charge in [0, 0.05) is 151 Å². The van der Waals surface area contributed by atoms with Crippen LogP contribution >= 0.6 is 91.9 Å². The molecule has 0 bridgehead atoms. The van der Waals surface area contributed by atoms with Gasteiger partial charge in [-0.15, -0.1) is 23.5 Å². The Hall–Kier alpha value is -0.930. The zero-order valence-electron chi connectivity index (χ0n) is 49.4. The smallest absolute Gasteiger partial charge is 0.380 e. The summed E-state index contributed by atoms with van der Waals surface area (Å²) < 4.78 is 90.5. The van der Waals surface area contributed by atoms with Crippen LogP contribution in [0.1, 0.15) is 44.4 Å². The largest absolute Gasteiger partial charge is 0.424 e. The number of rotatable bonds is 28. The normalized spacial score (nSPS) is 11.8. The number of halogens is 3. The molecule has 0 saturated heterocycles. The molecule has 1 atom stereocenters. The highest BCUT2D eigenvalue weighted by molar-refractivity contribution is 8.09. The van der Waals surface area contributed by atoms with Crippen molar-refractivity contribution in [2.45, 2.75) is 63.2 Å². The summed E-state index contributed by atoms with van der Waals surface area (Å²) in [4.78, 5) is 13.4. The summed E-state index contributed by atoms with van der Waals surface area (Å²) in [6, 6.07) is 25.9. The van der Waals surface area contributed by atoms with Gasteiger partial charge in [-0.1, -0.05) is 34.8 Å². The maximum atomic E-state index is 11.3. The summed E-state index contributed by atoms with van der Waals surface area (Å²) in [7, 11) is 7.56. The number of hydrogen-bond acceptors (Lipinski definition) is 25. The lowest BCUT2D eigenvalue weighted by atomic mass is 10.2. The first-order valence-electron chi connectivity index (χ1n) is 24.5. The van der Waals surface area contributed by atoms with Crippen LogP contribution in [0.5, 0.6) is 28.7 Å². The lowest BCUT2D eigenvalue weighted by Gasteiger charge is -2.21. The minimum absolute atomic E-state index is 0.0282. The molecule has 0 spiro atoms. The fraction of sp³-hybridized carbons (Fsp3) is 0.400. The molecule has 0 N–H and O–H groups in total. The SMILES string of the molecule is CCOP(=S)(OCC)Oc1ccc(S(C)=O)cc1.CCOP(=S)(OCC)Oc1ccc(SC)c(C)c1.COP(=S)(OC)Oc1cc(Cl)c(Cl)cc1Cl.COP(=S)(OC)Oc1ccc(SC)c(C)c1.COP(=S)(OC)Oc1ccc([N+](=O)[O-])c(C)c1. The molecular formula is C50H71Cl3NO18P5S8. The van der Waals surface area contributed by atoms with Gasteiger partial charge in [-0.25, -0.2) is 0 Å². The van der Waals surface area contributed by atoms with E-state index in [9.17, 15) is 14.3 Å². The van der Waals surface area contributed by atoms with Gasteiger partial charge < -0.3 is 49.8 Å². The van der Waals surface area contributed by atoms with Gasteiger partial charge in [-0.2, -0.15) is 0 Å². The van der Waals surface area contributed by atoms with Gasteiger partial charge in [-0.05, 0) is 151 Å². The van der Waals surface area contributed by atoms with Gasteiger partial charge in [0.25, 0.3) is 5.69 Å². The van der Waals surface area contributed by atoms with Crippen molar-refractivity contribution in [3.05, 3.63) is 133 Å². The Bertz CT molecular complexity index is 3140. The van der Waals surface area contributed by atoms with Crippen LogP contribution in [0.3, 0.4) is 0 Å². The third-order valence-electron chi connectivity index (χ3n) is 9.80. The molecule has 0 radical (unpaired) electrons. The summed E-state index contributed by atoms with van der Waals surface area (Å²) in [5.41, 5.74) is 2.83. The predicted molar refractivity (Wildman–Crippen MR) is 367 cm³/mol. The topological polar surface area (TPSA) is 199 Å². The van der Waals surface area contributed by atoms with Crippen molar-refractivity contribution in [1.29, 1.82) is 0 Å². The van der Waals surface area contributed by atoms with Crippen molar-refractivity contribution >= 4 is 167 Å². The molecule has 0 aliphatic rings. The van der Waals surface area contributed by atoms with Crippen molar-refractivity contribution in [2.75, 3.05) is 87.9 Å². The Balaban J connectivity index is 0.000000532. The van der Waals surface area contributed by atoms with Crippen LogP contribution in [-0.4, -0.2) is 97.0 Å². The molecule has 1 unspecified atom stereocenters. The van der Waals surface area contributed by atoms with Gasteiger partial charge in [0.1, 0.15) is 28.7 Å². The Labute approximate surface area is 552 Å². The van der Waals surface area contributed by atoms with E-state index in [1.807, 2.05) is 90.5 Å². The average molecular weight is 1490 g/mol. The first-order valence-corrected chi connectivity index (χ1v) is 42.4. The number of nitro benzene ring substituents is 1. The Morgan fingerprint density at radius 2 is 0.788 bits per heavy atom. The fourth-order valence-corrected chi connectivity index (χ4v) is 15.1. The van der Waals surface area contributed by atoms with Crippen LogP contribution < -0.4 is 22.6 Å². The highest BCUT2D eigenvalue weighted by Crippen LogP contribution is 2.53. The van der Waals surface area contributed by atoms with Crippen LogP contribution in [-0.2, 0) is 115 Å². The number of benzene rings is 5. The number of aryl methyl sites for hydroxylation is 3. The molecule has 5 aromatic rings. The van der Waals surface area contributed by atoms with E-state index >= 15 is 0 Å². The second kappa shape index (κ2) is 41.5. The number of hydrogen-bond donors (Lipinski definition) is 0. The van der Waals surface area contributed by atoms with Crippen molar-refractivity contribution in [3.63, 3.8) is 0 Å². The van der Waals surface area contributed by atoms with E-state index in [2.05, 4.69) is 0 Å². The van der Waals surface area contributed by atoms with Crippen molar-refractivity contribution in [3.8, 4) is 28.7 Å².